The molecule has 0 radical (unpaired) electrons. The molecule has 0 aliphatic carbocycles. The van der Waals surface area contributed by atoms with Gasteiger partial charge < -0.3 is 16.2 Å². The predicted octanol–water partition coefficient (Wildman–Crippen LogP) is 4.67. The normalized spacial score (nSPS) is 11.7. The average molecular weight is 429 g/mol. The van der Waals surface area contributed by atoms with Gasteiger partial charge in [0.2, 0.25) is 0 Å². The van der Waals surface area contributed by atoms with E-state index in [1.54, 1.807) is 6.07 Å². The second kappa shape index (κ2) is 8.99. The number of para-hydroxylation sites is 1. The van der Waals surface area contributed by atoms with Crippen LogP contribution in [0.5, 0.6) is 0 Å². The molecule has 0 saturated heterocycles. The maximum Gasteiger partial charge on any atom is 0.326 e. The molecule has 1 amide bonds. The smallest absolute Gasteiger partial charge is 0.326 e. The van der Waals surface area contributed by atoms with Crippen LogP contribution in [0.1, 0.15) is 15.9 Å². The first-order chi connectivity index (χ1) is 13.9. The van der Waals surface area contributed by atoms with Gasteiger partial charge in [0.25, 0.3) is 5.91 Å². The van der Waals surface area contributed by atoms with Crippen molar-refractivity contribution in [3.05, 3.63) is 87.9 Å². The van der Waals surface area contributed by atoms with E-state index in [1.165, 1.54) is 12.1 Å². The number of nitrogens with two attached hydrogens (primary N) is 1. The fourth-order valence-corrected chi connectivity index (χ4v) is 3.53. The number of nitrogen functional groups attached to an aromatic ring is 1. The van der Waals surface area contributed by atoms with Crippen LogP contribution in [0.15, 0.2) is 66.7 Å². The van der Waals surface area contributed by atoms with Gasteiger partial charge in [-0.3, -0.25) is 4.79 Å². The van der Waals surface area contributed by atoms with Gasteiger partial charge in [-0.05, 0) is 29.3 Å². The molecule has 0 aliphatic rings. The van der Waals surface area contributed by atoms with Crippen molar-refractivity contribution in [1.82, 2.24) is 5.32 Å². The lowest BCUT2D eigenvalue weighted by Gasteiger charge is -2.16. The molecular weight excluding hydrogens is 411 g/mol. The van der Waals surface area contributed by atoms with Crippen LogP contribution in [-0.2, 0) is 11.2 Å². The Hall–Kier alpha value is -3.02. The van der Waals surface area contributed by atoms with Gasteiger partial charge in [0.1, 0.15) is 6.04 Å². The molecule has 0 fully saturated rings. The fourth-order valence-electron chi connectivity index (χ4n) is 2.96. The number of benzene rings is 3. The second-order valence-corrected chi connectivity index (χ2v) is 7.26. The highest BCUT2D eigenvalue weighted by Crippen LogP contribution is 2.26. The zero-order chi connectivity index (χ0) is 21.0. The van der Waals surface area contributed by atoms with Gasteiger partial charge in [0, 0.05) is 17.7 Å². The molecule has 5 nitrogen and oxygen atoms in total. The number of rotatable bonds is 6. The van der Waals surface area contributed by atoms with Crippen molar-refractivity contribution in [1.29, 1.82) is 0 Å². The third-order valence-corrected chi connectivity index (χ3v) is 5.09. The number of halogens is 2. The van der Waals surface area contributed by atoms with Gasteiger partial charge in [-0.25, -0.2) is 4.79 Å². The van der Waals surface area contributed by atoms with Crippen molar-refractivity contribution >= 4 is 40.8 Å². The summed E-state index contributed by atoms with van der Waals surface area (Å²) in [6, 6.07) is 18.4. The average Bonchev–Trinajstić information content (AvgIpc) is 2.68. The van der Waals surface area contributed by atoms with Gasteiger partial charge >= 0.3 is 5.97 Å². The number of carboxylic acid groups (broad SMARTS) is 1. The SMILES string of the molecule is Nc1ccccc1-c1ccc(C[C@H](NC(=O)c2c(Cl)cccc2Cl)C(=O)O)cc1. The molecule has 1 atom stereocenters. The monoisotopic (exact) mass is 428 g/mol. The fraction of sp³-hybridized carbons (Fsp3) is 0.0909. The van der Waals surface area contributed by atoms with Gasteiger partial charge in [0.05, 0.1) is 15.6 Å². The molecule has 29 heavy (non-hydrogen) atoms. The minimum absolute atomic E-state index is 0.0528. The van der Waals surface area contributed by atoms with E-state index >= 15 is 0 Å². The number of carbonyl (C=O) groups is 2. The predicted molar refractivity (Wildman–Crippen MR) is 115 cm³/mol. The Bertz CT molecular complexity index is 1030. The molecule has 0 spiro atoms. The summed E-state index contributed by atoms with van der Waals surface area (Å²) in [5.41, 5.74) is 9.28. The van der Waals surface area contributed by atoms with Crippen molar-refractivity contribution < 1.29 is 14.7 Å². The minimum Gasteiger partial charge on any atom is -0.480 e. The summed E-state index contributed by atoms with van der Waals surface area (Å²) < 4.78 is 0. The molecule has 0 aliphatic heterocycles. The first-order valence-corrected chi connectivity index (χ1v) is 9.54. The Labute approximate surface area is 178 Å². The maximum absolute atomic E-state index is 12.5. The number of amides is 1. The van der Waals surface area contributed by atoms with Crippen LogP contribution in [0.4, 0.5) is 5.69 Å². The summed E-state index contributed by atoms with van der Waals surface area (Å²) in [6.45, 7) is 0. The Kier molecular flexibility index (Phi) is 6.42. The van der Waals surface area contributed by atoms with E-state index in [-0.39, 0.29) is 22.0 Å². The standard InChI is InChI=1S/C22H18Cl2N2O3/c23-16-5-3-6-17(24)20(16)21(27)26-19(22(28)29)12-13-8-10-14(11-9-13)15-4-1-2-7-18(15)25/h1-11,19H,12,25H2,(H,26,27)(H,28,29)/t19-/m0/s1. The summed E-state index contributed by atoms with van der Waals surface area (Å²) >= 11 is 12.1. The van der Waals surface area contributed by atoms with Crippen molar-refractivity contribution in [3.8, 4) is 11.1 Å². The van der Waals surface area contributed by atoms with Gasteiger partial charge in [-0.15, -0.1) is 0 Å². The zero-order valence-corrected chi connectivity index (χ0v) is 16.7. The third-order valence-electron chi connectivity index (χ3n) is 4.46. The number of carbonyl (C=O) groups excluding carboxylic acids is 1. The Morgan fingerprint density at radius 3 is 2.14 bits per heavy atom. The summed E-state index contributed by atoms with van der Waals surface area (Å²) in [7, 11) is 0. The number of aliphatic carboxylic acids is 1. The largest absolute Gasteiger partial charge is 0.480 e. The van der Waals surface area contributed by atoms with Crippen molar-refractivity contribution in [2.45, 2.75) is 12.5 Å². The maximum atomic E-state index is 12.5. The molecule has 148 valence electrons. The van der Waals surface area contributed by atoms with Crippen molar-refractivity contribution in [2.75, 3.05) is 5.73 Å². The van der Waals surface area contributed by atoms with E-state index in [1.807, 2.05) is 48.5 Å². The lowest BCUT2D eigenvalue weighted by molar-refractivity contribution is -0.139. The number of hydrogen-bond acceptors (Lipinski definition) is 3. The molecule has 0 aromatic heterocycles. The molecule has 4 N–H and O–H groups in total. The van der Waals surface area contributed by atoms with E-state index in [9.17, 15) is 14.7 Å². The van der Waals surface area contributed by atoms with E-state index < -0.39 is 17.9 Å². The molecule has 3 rings (SSSR count). The van der Waals surface area contributed by atoms with Crippen molar-refractivity contribution in [3.63, 3.8) is 0 Å². The van der Waals surface area contributed by atoms with Crippen LogP contribution in [0.2, 0.25) is 10.0 Å². The lowest BCUT2D eigenvalue weighted by atomic mass is 9.99. The molecule has 0 bridgehead atoms. The molecular formula is C22H18Cl2N2O3. The number of anilines is 1. The summed E-state index contributed by atoms with van der Waals surface area (Å²) in [5.74, 6) is -1.79. The molecule has 0 unspecified atom stereocenters. The van der Waals surface area contributed by atoms with E-state index in [2.05, 4.69) is 5.32 Å². The topological polar surface area (TPSA) is 92.4 Å². The quantitative estimate of drug-likeness (QED) is 0.497. The minimum atomic E-state index is -1.15. The number of nitrogens with one attached hydrogen (secondary N) is 1. The first kappa shape index (κ1) is 20.7. The zero-order valence-electron chi connectivity index (χ0n) is 15.2. The van der Waals surface area contributed by atoms with Crippen LogP contribution in [0.25, 0.3) is 11.1 Å². The molecule has 3 aromatic carbocycles. The van der Waals surface area contributed by atoms with E-state index in [0.717, 1.165) is 16.7 Å². The van der Waals surface area contributed by atoms with Crippen LogP contribution in [0, 0.1) is 0 Å². The van der Waals surface area contributed by atoms with Crippen LogP contribution >= 0.6 is 23.2 Å². The molecule has 3 aromatic rings. The van der Waals surface area contributed by atoms with Gasteiger partial charge in [0.15, 0.2) is 0 Å². The van der Waals surface area contributed by atoms with E-state index in [0.29, 0.717) is 5.69 Å². The Morgan fingerprint density at radius 2 is 1.55 bits per heavy atom. The summed E-state index contributed by atoms with van der Waals surface area (Å²) in [4.78, 5) is 24.2. The molecule has 7 heteroatoms. The second-order valence-electron chi connectivity index (χ2n) is 6.45. The molecule has 0 heterocycles. The van der Waals surface area contributed by atoms with Crippen molar-refractivity contribution in [2.24, 2.45) is 0 Å². The van der Waals surface area contributed by atoms with Crippen LogP contribution < -0.4 is 11.1 Å². The van der Waals surface area contributed by atoms with Gasteiger partial charge in [-0.2, -0.15) is 0 Å². The number of carboxylic acids is 1. The van der Waals surface area contributed by atoms with Crippen LogP contribution in [-0.4, -0.2) is 23.0 Å². The highest BCUT2D eigenvalue weighted by molar-refractivity contribution is 6.39. The lowest BCUT2D eigenvalue weighted by Crippen LogP contribution is -2.42. The summed E-state index contributed by atoms with van der Waals surface area (Å²) in [5, 5.41) is 12.3. The Morgan fingerprint density at radius 1 is 0.931 bits per heavy atom. The summed E-state index contributed by atoms with van der Waals surface area (Å²) in [6.07, 6.45) is 0.105. The molecule has 0 saturated carbocycles. The third kappa shape index (κ3) is 4.88. The van der Waals surface area contributed by atoms with Gasteiger partial charge in [-0.1, -0.05) is 71.7 Å². The Balaban J connectivity index is 1.77. The number of hydrogen-bond donors (Lipinski definition) is 3. The van der Waals surface area contributed by atoms with Crippen LogP contribution in [0.3, 0.4) is 0 Å². The highest BCUT2D eigenvalue weighted by atomic mass is 35.5. The highest BCUT2D eigenvalue weighted by Gasteiger charge is 2.23. The van der Waals surface area contributed by atoms with E-state index in [4.69, 9.17) is 28.9 Å². The first-order valence-electron chi connectivity index (χ1n) is 8.78.